The lowest BCUT2D eigenvalue weighted by atomic mass is 10.3. The summed E-state index contributed by atoms with van der Waals surface area (Å²) in [6, 6.07) is 0. The second-order valence-corrected chi connectivity index (χ2v) is 4.18. The molecule has 2 aromatic rings. The van der Waals surface area contributed by atoms with E-state index in [2.05, 4.69) is 20.6 Å². The highest BCUT2D eigenvalue weighted by molar-refractivity contribution is 6.31. The Kier molecular flexibility index (Phi) is 3.44. The maximum Gasteiger partial charge on any atom is 0.223 e. The van der Waals surface area contributed by atoms with Crippen molar-refractivity contribution in [1.82, 2.24) is 25.2 Å². The standard InChI is InChI=1S/C10H14ClN5O/c1-6-10(11)8(16(3)14-6)4-12-5-9-13-7(2)17-15-9/h12H,4-5H2,1-3H3. The Morgan fingerprint density at radius 2 is 2.12 bits per heavy atom. The van der Waals surface area contributed by atoms with Crippen LogP contribution >= 0.6 is 11.6 Å². The summed E-state index contributed by atoms with van der Waals surface area (Å²) < 4.78 is 6.64. The van der Waals surface area contributed by atoms with Gasteiger partial charge in [0, 0.05) is 20.5 Å². The van der Waals surface area contributed by atoms with Crippen LogP contribution in [0.25, 0.3) is 0 Å². The molecule has 0 aliphatic rings. The molecule has 92 valence electrons. The Morgan fingerprint density at radius 3 is 2.65 bits per heavy atom. The number of halogens is 1. The fourth-order valence-corrected chi connectivity index (χ4v) is 1.80. The van der Waals surface area contributed by atoms with Gasteiger partial charge in [0.25, 0.3) is 0 Å². The number of nitrogens with zero attached hydrogens (tertiary/aromatic N) is 4. The molecule has 0 saturated heterocycles. The quantitative estimate of drug-likeness (QED) is 0.894. The van der Waals surface area contributed by atoms with Crippen molar-refractivity contribution in [2.45, 2.75) is 26.9 Å². The van der Waals surface area contributed by atoms with Crippen molar-refractivity contribution in [2.75, 3.05) is 0 Å². The van der Waals surface area contributed by atoms with Gasteiger partial charge in [0.1, 0.15) is 0 Å². The molecule has 2 rings (SSSR count). The summed E-state index contributed by atoms with van der Waals surface area (Å²) in [7, 11) is 1.87. The van der Waals surface area contributed by atoms with Crippen LogP contribution < -0.4 is 5.32 Å². The fourth-order valence-electron chi connectivity index (χ4n) is 1.58. The summed E-state index contributed by atoms with van der Waals surface area (Å²) in [6.45, 7) is 4.80. The molecule has 17 heavy (non-hydrogen) atoms. The number of hydrogen-bond donors (Lipinski definition) is 1. The summed E-state index contributed by atoms with van der Waals surface area (Å²) in [5.41, 5.74) is 1.78. The third-order valence-electron chi connectivity index (χ3n) is 2.41. The van der Waals surface area contributed by atoms with Crippen LogP contribution in [-0.2, 0) is 20.1 Å². The molecular formula is C10H14ClN5O. The Balaban J connectivity index is 1.94. The van der Waals surface area contributed by atoms with Gasteiger partial charge in [-0.1, -0.05) is 16.8 Å². The lowest BCUT2D eigenvalue weighted by molar-refractivity contribution is 0.385. The zero-order valence-electron chi connectivity index (χ0n) is 9.99. The third-order valence-corrected chi connectivity index (χ3v) is 2.90. The number of rotatable bonds is 4. The van der Waals surface area contributed by atoms with Crippen molar-refractivity contribution in [1.29, 1.82) is 0 Å². The van der Waals surface area contributed by atoms with E-state index in [1.165, 1.54) is 0 Å². The van der Waals surface area contributed by atoms with Crippen molar-refractivity contribution in [3.8, 4) is 0 Å². The maximum absolute atomic E-state index is 6.13. The lowest BCUT2D eigenvalue weighted by Gasteiger charge is -2.03. The van der Waals surface area contributed by atoms with Gasteiger partial charge in [-0.25, -0.2) is 0 Å². The zero-order valence-corrected chi connectivity index (χ0v) is 10.7. The van der Waals surface area contributed by atoms with E-state index < -0.39 is 0 Å². The average Bonchev–Trinajstić information content (AvgIpc) is 2.78. The van der Waals surface area contributed by atoms with Crippen LogP contribution in [0.1, 0.15) is 23.1 Å². The van der Waals surface area contributed by atoms with Gasteiger partial charge >= 0.3 is 0 Å². The molecular weight excluding hydrogens is 242 g/mol. The topological polar surface area (TPSA) is 68.8 Å². The van der Waals surface area contributed by atoms with E-state index >= 15 is 0 Å². The highest BCUT2D eigenvalue weighted by atomic mass is 35.5. The molecule has 0 radical (unpaired) electrons. The normalized spacial score (nSPS) is 11.1. The van der Waals surface area contributed by atoms with E-state index in [-0.39, 0.29) is 0 Å². The number of aromatic nitrogens is 4. The SMILES string of the molecule is Cc1nc(CNCc2c(Cl)c(C)nn2C)no1. The van der Waals surface area contributed by atoms with Crippen molar-refractivity contribution < 1.29 is 4.52 Å². The minimum absolute atomic E-state index is 0.540. The first-order valence-electron chi connectivity index (χ1n) is 5.26. The van der Waals surface area contributed by atoms with Crippen molar-refractivity contribution in [3.05, 3.63) is 28.1 Å². The van der Waals surface area contributed by atoms with Crippen LogP contribution in [-0.4, -0.2) is 19.9 Å². The number of aryl methyl sites for hydroxylation is 3. The molecule has 6 nitrogen and oxygen atoms in total. The first kappa shape index (κ1) is 12.1. The van der Waals surface area contributed by atoms with Gasteiger partial charge in [0.15, 0.2) is 5.82 Å². The summed E-state index contributed by atoms with van der Waals surface area (Å²) in [5, 5.41) is 11.9. The molecule has 0 aliphatic heterocycles. The first-order chi connectivity index (χ1) is 8.08. The summed E-state index contributed by atoms with van der Waals surface area (Å²) in [6.07, 6.45) is 0. The predicted octanol–water partition coefficient (Wildman–Crippen LogP) is 1.36. The van der Waals surface area contributed by atoms with E-state index in [0.29, 0.717) is 29.8 Å². The van der Waals surface area contributed by atoms with E-state index in [0.717, 1.165) is 11.4 Å². The second-order valence-electron chi connectivity index (χ2n) is 3.80. The van der Waals surface area contributed by atoms with Gasteiger partial charge in [-0.3, -0.25) is 4.68 Å². The van der Waals surface area contributed by atoms with Crippen LogP contribution in [0.3, 0.4) is 0 Å². The van der Waals surface area contributed by atoms with Gasteiger partial charge < -0.3 is 9.84 Å². The van der Waals surface area contributed by atoms with E-state index in [9.17, 15) is 0 Å². The third kappa shape index (κ3) is 2.65. The van der Waals surface area contributed by atoms with Crippen molar-refractivity contribution in [2.24, 2.45) is 7.05 Å². The number of nitrogens with one attached hydrogen (secondary N) is 1. The summed E-state index contributed by atoms with van der Waals surface area (Å²) in [5.74, 6) is 1.20. The molecule has 0 atom stereocenters. The second kappa shape index (κ2) is 4.85. The van der Waals surface area contributed by atoms with Crippen LogP contribution in [0.2, 0.25) is 5.02 Å². The smallest absolute Gasteiger partial charge is 0.223 e. The molecule has 0 unspecified atom stereocenters. The molecule has 0 bridgehead atoms. The molecule has 2 heterocycles. The highest BCUT2D eigenvalue weighted by Gasteiger charge is 2.10. The number of hydrogen-bond acceptors (Lipinski definition) is 5. The Labute approximate surface area is 104 Å². The van der Waals surface area contributed by atoms with Crippen molar-refractivity contribution in [3.63, 3.8) is 0 Å². The monoisotopic (exact) mass is 255 g/mol. The van der Waals surface area contributed by atoms with E-state index in [1.807, 2.05) is 14.0 Å². The first-order valence-corrected chi connectivity index (χ1v) is 5.63. The molecule has 7 heteroatoms. The zero-order chi connectivity index (χ0) is 12.4. The van der Waals surface area contributed by atoms with Gasteiger partial charge in [-0.2, -0.15) is 10.1 Å². The minimum Gasteiger partial charge on any atom is -0.340 e. The molecule has 0 spiro atoms. The molecule has 0 saturated carbocycles. The largest absolute Gasteiger partial charge is 0.340 e. The molecule has 0 aliphatic carbocycles. The summed E-state index contributed by atoms with van der Waals surface area (Å²) >= 11 is 6.13. The van der Waals surface area contributed by atoms with Crippen LogP contribution in [0.15, 0.2) is 4.52 Å². The average molecular weight is 256 g/mol. The molecule has 0 amide bonds. The highest BCUT2D eigenvalue weighted by Crippen LogP contribution is 2.18. The molecule has 2 aromatic heterocycles. The van der Waals surface area contributed by atoms with Gasteiger partial charge in [0.05, 0.1) is 23.0 Å². The molecule has 1 N–H and O–H groups in total. The van der Waals surface area contributed by atoms with Gasteiger partial charge in [-0.05, 0) is 6.92 Å². The van der Waals surface area contributed by atoms with Crippen LogP contribution in [0.4, 0.5) is 0 Å². The minimum atomic E-state index is 0.540. The predicted molar refractivity (Wildman–Crippen MR) is 62.5 cm³/mol. The van der Waals surface area contributed by atoms with E-state index in [4.69, 9.17) is 16.1 Å². The van der Waals surface area contributed by atoms with Gasteiger partial charge in [0.2, 0.25) is 5.89 Å². The lowest BCUT2D eigenvalue weighted by Crippen LogP contribution is -2.16. The van der Waals surface area contributed by atoms with E-state index in [1.54, 1.807) is 11.6 Å². The molecule has 0 aromatic carbocycles. The Morgan fingerprint density at radius 1 is 1.35 bits per heavy atom. The maximum atomic E-state index is 6.13. The Bertz CT molecular complexity index is 519. The summed E-state index contributed by atoms with van der Waals surface area (Å²) in [4.78, 5) is 4.10. The van der Waals surface area contributed by atoms with Crippen LogP contribution in [0, 0.1) is 13.8 Å². The molecule has 0 fully saturated rings. The van der Waals surface area contributed by atoms with Crippen molar-refractivity contribution >= 4 is 11.6 Å². The van der Waals surface area contributed by atoms with Gasteiger partial charge in [-0.15, -0.1) is 0 Å². The fraction of sp³-hybridized carbons (Fsp3) is 0.500. The van der Waals surface area contributed by atoms with Crippen LogP contribution in [0.5, 0.6) is 0 Å². The Hall–Kier alpha value is -1.40.